The quantitative estimate of drug-likeness (QED) is 0.615. The molecule has 0 atom stereocenters. The summed E-state index contributed by atoms with van der Waals surface area (Å²) in [6, 6.07) is 4.60. The Balaban J connectivity index is 2.52. The van der Waals surface area contributed by atoms with E-state index < -0.39 is 21.0 Å². The lowest BCUT2D eigenvalue weighted by molar-refractivity contribution is -0.137. The van der Waals surface area contributed by atoms with Gasteiger partial charge in [-0.2, -0.15) is 8.42 Å². The van der Waals surface area contributed by atoms with Crippen LogP contribution in [0.1, 0.15) is 12.5 Å². The molecule has 7 heteroatoms. The van der Waals surface area contributed by atoms with Gasteiger partial charge in [-0.25, -0.2) is 4.79 Å². The summed E-state index contributed by atoms with van der Waals surface area (Å²) < 4.78 is 38.1. The fraction of sp³-hybridized carbons (Fsp3) is 0.250. The number of methoxy groups -OCH3 is 1. The van der Waals surface area contributed by atoms with Crippen LogP contribution in [0.3, 0.4) is 0 Å². The van der Waals surface area contributed by atoms with Crippen LogP contribution in [0, 0.1) is 0 Å². The highest BCUT2D eigenvalue weighted by molar-refractivity contribution is 7.92. The third kappa shape index (κ3) is 2.55. The Morgan fingerprint density at radius 3 is 2.74 bits per heavy atom. The molecule has 1 aliphatic rings. The second-order valence-electron chi connectivity index (χ2n) is 3.67. The normalized spacial score (nSPS) is 15.8. The van der Waals surface area contributed by atoms with E-state index in [1.54, 1.807) is 19.1 Å². The first-order valence-electron chi connectivity index (χ1n) is 5.49. The molecular formula is C12H12O6S. The van der Waals surface area contributed by atoms with Gasteiger partial charge < -0.3 is 13.7 Å². The Kier molecular flexibility index (Phi) is 3.48. The first kappa shape index (κ1) is 13.4. The van der Waals surface area contributed by atoms with Crippen LogP contribution in [-0.4, -0.2) is 28.1 Å². The third-order valence-corrected chi connectivity index (χ3v) is 3.67. The van der Waals surface area contributed by atoms with Crippen LogP contribution < -0.4 is 8.92 Å². The number of carbonyl (C=O) groups is 1. The van der Waals surface area contributed by atoms with E-state index in [4.69, 9.17) is 13.7 Å². The summed E-state index contributed by atoms with van der Waals surface area (Å²) in [5.41, 5.74) is 0.442. The Morgan fingerprint density at radius 2 is 2.11 bits per heavy atom. The number of benzene rings is 1. The molecule has 0 radical (unpaired) electrons. The maximum Gasteiger partial charge on any atom is 0.353 e. The molecule has 19 heavy (non-hydrogen) atoms. The fourth-order valence-corrected chi connectivity index (χ4v) is 2.59. The Bertz CT molecular complexity index is 644. The lowest BCUT2D eigenvalue weighted by atomic mass is 10.1. The second kappa shape index (κ2) is 4.93. The zero-order valence-electron chi connectivity index (χ0n) is 10.4. The topological polar surface area (TPSA) is 78.9 Å². The van der Waals surface area contributed by atoms with E-state index >= 15 is 0 Å². The van der Waals surface area contributed by atoms with Crippen molar-refractivity contribution in [2.45, 2.75) is 6.92 Å². The predicted molar refractivity (Wildman–Crippen MR) is 67.2 cm³/mol. The highest BCUT2D eigenvalue weighted by Gasteiger charge is 2.33. The molecule has 1 aliphatic heterocycles. The highest BCUT2D eigenvalue weighted by Crippen LogP contribution is 2.33. The van der Waals surface area contributed by atoms with Crippen LogP contribution in [0.5, 0.6) is 11.5 Å². The maximum absolute atomic E-state index is 11.8. The van der Waals surface area contributed by atoms with Crippen molar-refractivity contribution in [2.75, 3.05) is 13.7 Å². The number of rotatable bonds is 3. The van der Waals surface area contributed by atoms with Crippen LogP contribution >= 0.6 is 0 Å². The summed E-state index contributed by atoms with van der Waals surface area (Å²) in [5.74, 6) is -0.258. The van der Waals surface area contributed by atoms with Crippen molar-refractivity contribution in [2.24, 2.45) is 0 Å². The molecule has 1 aromatic rings. The van der Waals surface area contributed by atoms with E-state index in [1.165, 1.54) is 19.3 Å². The molecule has 0 saturated carbocycles. The summed E-state index contributed by atoms with van der Waals surface area (Å²) in [6.45, 7) is 1.67. The maximum atomic E-state index is 11.8. The largest absolute Gasteiger partial charge is 0.497 e. The van der Waals surface area contributed by atoms with Crippen LogP contribution in [0.15, 0.2) is 23.1 Å². The molecule has 6 nitrogen and oxygen atoms in total. The van der Waals surface area contributed by atoms with E-state index in [0.717, 1.165) is 0 Å². The summed E-state index contributed by atoms with van der Waals surface area (Å²) in [4.78, 5) is 11.1. The molecular weight excluding hydrogens is 272 g/mol. The molecule has 0 saturated heterocycles. The number of hydrogen-bond donors (Lipinski definition) is 0. The van der Waals surface area contributed by atoms with Gasteiger partial charge in [-0.15, -0.1) is 0 Å². The van der Waals surface area contributed by atoms with Gasteiger partial charge in [0.2, 0.25) is 0 Å². The summed E-state index contributed by atoms with van der Waals surface area (Å²) in [5, 5.41) is 0. The van der Waals surface area contributed by atoms with Gasteiger partial charge in [0.05, 0.1) is 13.7 Å². The predicted octanol–water partition coefficient (Wildman–Crippen LogP) is 1.32. The standard InChI is InChI=1S/C12H12O6S/c1-3-17-12(13)11-7-8-6-9(16-2)4-5-10(8)18-19(11,14)15/h4-7H,3H2,1-2H3. The molecule has 0 unspecified atom stereocenters. The van der Waals surface area contributed by atoms with Crippen LogP contribution in [0.2, 0.25) is 0 Å². The molecule has 0 aliphatic carbocycles. The Hall–Kier alpha value is -2.02. The Labute approximate surface area is 110 Å². The van der Waals surface area contributed by atoms with Crippen molar-refractivity contribution >= 4 is 22.2 Å². The molecule has 2 rings (SSSR count). The highest BCUT2D eigenvalue weighted by atomic mass is 32.2. The molecule has 102 valence electrons. The van der Waals surface area contributed by atoms with Crippen molar-refractivity contribution in [3.8, 4) is 11.5 Å². The first-order chi connectivity index (χ1) is 8.97. The fourth-order valence-electron chi connectivity index (χ4n) is 1.58. The van der Waals surface area contributed by atoms with Gasteiger partial charge in [0.1, 0.15) is 5.75 Å². The van der Waals surface area contributed by atoms with E-state index in [9.17, 15) is 13.2 Å². The zero-order valence-corrected chi connectivity index (χ0v) is 11.2. The number of esters is 1. The lowest BCUT2D eigenvalue weighted by Crippen LogP contribution is -2.23. The van der Waals surface area contributed by atoms with Crippen molar-refractivity contribution in [3.05, 3.63) is 28.7 Å². The minimum Gasteiger partial charge on any atom is -0.497 e. The first-order valence-corrected chi connectivity index (χ1v) is 6.90. The van der Waals surface area contributed by atoms with Crippen LogP contribution in [0.4, 0.5) is 0 Å². The van der Waals surface area contributed by atoms with Gasteiger partial charge in [-0.3, -0.25) is 0 Å². The molecule has 0 bridgehead atoms. The molecule has 0 fully saturated rings. The lowest BCUT2D eigenvalue weighted by Gasteiger charge is -2.17. The van der Waals surface area contributed by atoms with Crippen molar-refractivity contribution in [1.82, 2.24) is 0 Å². The van der Waals surface area contributed by atoms with E-state index in [1.807, 2.05) is 0 Å². The molecule has 1 heterocycles. The summed E-state index contributed by atoms with van der Waals surface area (Å²) >= 11 is 0. The minimum absolute atomic E-state index is 0.0800. The van der Waals surface area contributed by atoms with Gasteiger partial charge in [-0.1, -0.05) is 0 Å². The van der Waals surface area contributed by atoms with Crippen LogP contribution in [0.25, 0.3) is 6.08 Å². The molecule has 1 aromatic carbocycles. The van der Waals surface area contributed by atoms with E-state index in [-0.39, 0.29) is 12.4 Å². The van der Waals surface area contributed by atoms with E-state index in [2.05, 4.69) is 0 Å². The van der Waals surface area contributed by atoms with Gasteiger partial charge in [-0.05, 0) is 31.2 Å². The summed E-state index contributed by atoms with van der Waals surface area (Å²) in [6.07, 6.45) is 1.22. The van der Waals surface area contributed by atoms with E-state index in [0.29, 0.717) is 11.3 Å². The minimum atomic E-state index is -4.13. The summed E-state index contributed by atoms with van der Waals surface area (Å²) in [7, 11) is -2.65. The second-order valence-corrected chi connectivity index (χ2v) is 5.19. The smallest absolute Gasteiger partial charge is 0.353 e. The molecule has 0 spiro atoms. The van der Waals surface area contributed by atoms with Gasteiger partial charge >= 0.3 is 16.1 Å². The third-order valence-electron chi connectivity index (χ3n) is 2.45. The number of hydrogen-bond acceptors (Lipinski definition) is 6. The van der Waals surface area contributed by atoms with Crippen molar-refractivity contribution in [1.29, 1.82) is 0 Å². The number of carbonyl (C=O) groups excluding carboxylic acids is 1. The van der Waals surface area contributed by atoms with Crippen LogP contribution in [-0.2, 0) is 19.6 Å². The zero-order chi connectivity index (χ0) is 14.0. The van der Waals surface area contributed by atoms with Gasteiger partial charge in [0.25, 0.3) is 0 Å². The van der Waals surface area contributed by atoms with Crippen molar-refractivity contribution < 1.29 is 26.9 Å². The molecule has 0 amide bonds. The number of ether oxygens (including phenoxy) is 2. The van der Waals surface area contributed by atoms with Crippen molar-refractivity contribution in [3.63, 3.8) is 0 Å². The molecule has 0 aromatic heterocycles. The number of fused-ring (bicyclic) bond motifs is 1. The van der Waals surface area contributed by atoms with Gasteiger partial charge in [0, 0.05) is 5.56 Å². The Morgan fingerprint density at radius 1 is 1.37 bits per heavy atom. The SMILES string of the molecule is CCOC(=O)C1=Cc2cc(OC)ccc2OS1(=O)=O. The average molecular weight is 284 g/mol. The van der Waals surface area contributed by atoms with Gasteiger partial charge in [0.15, 0.2) is 10.7 Å². The monoisotopic (exact) mass is 284 g/mol. The average Bonchev–Trinajstić information content (AvgIpc) is 2.36. The molecule has 0 N–H and O–H groups in total.